The maximum absolute atomic E-state index is 12.4. The van der Waals surface area contributed by atoms with Gasteiger partial charge < -0.3 is 15.1 Å². The molecule has 5 heteroatoms. The molecule has 1 saturated heterocycles. The van der Waals surface area contributed by atoms with Crippen molar-refractivity contribution in [3.63, 3.8) is 0 Å². The molecular formula is C17H22ClNO3. The van der Waals surface area contributed by atoms with Crippen LogP contribution in [0, 0.1) is 11.8 Å². The van der Waals surface area contributed by atoms with Gasteiger partial charge in [-0.25, -0.2) is 0 Å². The summed E-state index contributed by atoms with van der Waals surface area (Å²) in [5.41, 5.74) is 1.000. The molecule has 0 aromatic heterocycles. The minimum atomic E-state index is -0.639. The van der Waals surface area contributed by atoms with Crippen molar-refractivity contribution in [2.75, 3.05) is 13.1 Å². The molecule has 1 aliphatic heterocycles. The summed E-state index contributed by atoms with van der Waals surface area (Å²) in [7, 11) is 0. The normalized spacial score (nSPS) is 31.1. The van der Waals surface area contributed by atoms with Crippen LogP contribution in [0.1, 0.15) is 24.8 Å². The molecule has 2 fully saturated rings. The van der Waals surface area contributed by atoms with E-state index < -0.39 is 12.2 Å². The van der Waals surface area contributed by atoms with E-state index in [9.17, 15) is 15.0 Å². The topological polar surface area (TPSA) is 60.8 Å². The second kappa shape index (κ2) is 6.57. The molecule has 2 aliphatic rings. The molecule has 1 heterocycles. The van der Waals surface area contributed by atoms with Crippen LogP contribution in [-0.4, -0.2) is 46.3 Å². The number of aliphatic hydroxyl groups excluding tert-OH is 2. The first kappa shape index (κ1) is 15.8. The van der Waals surface area contributed by atoms with Crippen LogP contribution in [0.25, 0.3) is 0 Å². The third kappa shape index (κ3) is 3.29. The van der Waals surface area contributed by atoms with Crippen LogP contribution >= 0.6 is 11.6 Å². The van der Waals surface area contributed by atoms with Crippen molar-refractivity contribution in [3.8, 4) is 0 Å². The maximum Gasteiger partial charge on any atom is 0.222 e. The van der Waals surface area contributed by atoms with E-state index in [1.165, 1.54) is 0 Å². The Labute approximate surface area is 135 Å². The minimum Gasteiger partial charge on any atom is -0.390 e. The maximum atomic E-state index is 12.4. The number of carbonyl (C=O) groups is 1. The van der Waals surface area contributed by atoms with E-state index in [1.807, 2.05) is 29.2 Å². The molecule has 0 radical (unpaired) electrons. The molecule has 2 N–H and O–H groups in total. The van der Waals surface area contributed by atoms with E-state index >= 15 is 0 Å². The number of carbonyl (C=O) groups excluding carboxylic acids is 1. The molecule has 0 bridgehead atoms. The molecule has 120 valence electrons. The van der Waals surface area contributed by atoms with Gasteiger partial charge in [0.15, 0.2) is 0 Å². The Morgan fingerprint density at radius 2 is 1.73 bits per heavy atom. The Balaban J connectivity index is 1.55. The van der Waals surface area contributed by atoms with Gasteiger partial charge in [0.05, 0.1) is 12.2 Å². The number of fused-ring (bicyclic) bond motifs is 1. The monoisotopic (exact) mass is 323 g/mol. The van der Waals surface area contributed by atoms with Gasteiger partial charge in [0.25, 0.3) is 0 Å². The van der Waals surface area contributed by atoms with E-state index in [4.69, 9.17) is 11.6 Å². The average molecular weight is 324 g/mol. The molecule has 4 unspecified atom stereocenters. The summed E-state index contributed by atoms with van der Waals surface area (Å²) in [6, 6.07) is 7.61. The number of halogens is 1. The lowest BCUT2D eigenvalue weighted by atomic mass is 9.79. The van der Waals surface area contributed by atoms with Crippen LogP contribution in [0.5, 0.6) is 0 Å². The molecule has 22 heavy (non-hydrogen) atoms. The van der Waals surface area contributed by atoms with Crippen LogP contribution in [-0.2, 0) is 11.2 Å². The summed E-state index contributed by atoms with van der Waals surface area (Å²) in [4.78, 5) is 14.3. The summed E-state index contributed by atoms with van der Waals surface area (Å²) in [5, 5.41) is 20.2. The average Bonchev–Trinajstić information content (AvgIpc) is 2.89. The van der Waals surface area contributed by atoms with Crippen LogP contribution in [0.4, 0.5) is 0 Å². The molecule has 1 aromatic carbocycles. The Kier molecular flexibility index (Phi) is 4.71. The Hall–Kier alpha value is -1.10. The number of likely N-dealkylation sites (tertiary alicyclic amines) is 1. The SMILES string of the molecule is O=C(CCc1ccccc1Cl)N1CC2CC(O)C(O)CC2C1. The van der Waals surface area contributed by atoms with Crippen molar-refractivity contribution in [1.82, 2.24) is 4.90 Å². The largest absolute Gasteiger partial charge is 0.390 e. The lowest BCUT2D eigenvalue weighted by molar-refractivity contribution is -0.130. The summed E-state index contributed by atoms with van der Waals surface area (Å²) in [6.45, 7) is 1.41. The van der Waals surface area contributed by atoms with Gasteiger partial charge in [0, 0.05) is 24.5 Å². The molecule has 4 nitrogen and oxygen atoms in total. The number of amides is 1. The number of nitrogens with zero attached hydrogens (tertiary/aromatic N) is 1. The summed E-state index contributed by atoms with van der Waals surface area (Å²) in [6.07, 6.45) is 1.02. The summed E-state index contributed by atoms with van der Waals surface area (Å²) < 4.78 is 0. The summed E-state index contributed by atoms with van der Waals surface area (Å²) in [5.74, 6) is 0.781. The molecular weight excluding hydrogens is 302 g/mol. The minimum absolute atomic E-state index is 0.137. The third-order valence-corrected chi connectivity index (χ3v) is 5.40. The molecule has 4 atom stereocenters. The van der Waals surface area contributed by atoms with E-state index in [-0.39, 0.29) is 5.91 Å². The second-order valence-corrected chi connectivity index (χ2v) is 6.92. The number of hydrogen-bond acceptors (Lipinski definition) is 3. The van der Waals surface area contributed by atoms with Gasteiger partial charge in [-0.05, 0) is 42.7 Å². The predicted octanol–water partition coefficient (Wildman–Crippen LogP) is 1.86. The van der Waals surface area contributed by atoms with Crippen LogP contribution in [0.3, 0.4) is 0 Å². The van der Waals surface area contributed by atoms with E-state index in [2.05, 4.69) is 0 Å². The smallest absolute Gasteiger partial charge is 0.222 e. The lowest BCUT2D eigenvalue weighted by Gasteiger charge is -2.31. The molecule has 3 rings (SSSR count). The third-order valence-electron chi connectivity index (χ3n) is 5.03. The highest BCUT2D eigenvalue weighted by Gasteiger charge is 2.42. The molecule has 1 aromatic rings. The number of rotatable bonds is 3. The van der Waals surface area contributed by atoms with Crippen molar-refractivity contribution >= 4 is 17.5 Å². The fourth-order valence-electron chi connectivity index (χ4n) is 3.71. The standard InChI is InChI=1S/C17H22ClNO3/c18-14-4-2-1-3-11(14)5-6-17(22)19-9-12-7-15(20)16(21)8-13(12)10-19/h1-4,12-13,15-16,20-21H,5-10H2. The van der Waals surface area contributed by atoms with Crippen molar-refractivity contribution in [2.24, 2.45) is 11.8 Å². The Morgan fingerprint density at radius 1 is 1.14 bits per heavy atom. The van der Waals surface area contributed by atoms with Crippen LogP contribution < -0.4 is 0 Å². The number of aliphatic hydroxyl groups is 2. The predicted molar refractivity (Wildman–Crippen MR) is 84.6 cm³/mol. The lowest BCUT2D eigenvalue weighted by Crippen LogP contribution is -2.38. The molecule has 1 aliphatic carbocycles. The summed E-state index contributed by atoms with van der Waals surface area (Å²) >= 11 is 6.12. The van der Waals surface area contributed by atoms with Crippen LogP contribution in [0.2, 0.25) is 5.02 Å². The second-order valence-electron chi connectivity index (χ2n) is 6.52. The zero-order valence-corrected chi connectivity index (χ0v) is 13.2. The highest BCUT2D eigenvalue weighted by molar-refractivity contribution is 6.31. The molecule has 1 amide bonds. The van der Waals surface area contributed by atoms with Gasteiger partial charge in [0.2, 0.25) is 5.91 Å². The molecule has 0 spiro atoms. The van der Waals surface area contributed by atoms with Crippen molar-refractivity contribution in [2.45, 2.75) is 37.9 Å². The Bertz CT molecular complexity index is 532. The van der Waals surface area contributed by atoms with Crippen molar-refractivity contribution < 1.29 is 15.0 Å². The van der Waals surface area contributed by atoms with Crippen molar-refractivity contribution in [1.29, 1.82) is 0 Å². The first-order valence-electron chi connectivity index (χ1n) is 7.92. The van der Waals surface area contributed by atoms with Crippen LogP contribution in [0.15, 0.2) is 24.3 Å². The van der Waals surface area contributed by atoms with E-state index in [1.54, 1.807) is 0 Å². The van der Waals surface area contributed by atoms with Gasteiger partial charge >= 0.3 is 0 Å². The Morgan fingerprint density at radius 3 is 2.32 bits per heavy atom. The van der Waals surface area contributed by atoms with Gasteiger partial charge in [-0.15, -0.1) is 0 Å². The first-order valence-corrected chi connectivity index (χ1v) is 8.29. The fourth-order valence-corrected chi connectivity index (χ4v) is 3.94. The highest BCUT2D eigenvalue weighted by Crippen LogP contribution is 2.36. The number of hydrogen-bond donors (Lipinski definition) is 2. The number of aryl methyl sites for hydroxylation is 1. The van der Waals surface area contributed by atoms with Crippen molar-refractivity contribution in [3.05, 3.63) is 34.9 Å². The fraction of sp³-hybridized carbons (Fsp3) is 0.588. The number of benzene rings is 1. The van der Waals surface area contributed by atoms with Gasteiger partial charge in [0.1, 0.15) is 0 Å². The zero-order valence-electron chi connectivity index (χ0n) is 12.5. The highest BCUT2D eigenvalue weighted by atomic mass is 35.5. The van der Waals surface area contributed by atoms with E-state index in [0.29, 0.717) is 55.6 Å². The van der Waals surface area contributed by atoms with Gasteiger partial charge in [-0.2, -0.15) is 0 Å². The van der Waals surface area contributed by atoms with E-state index in [0.717, 1.165) is 5.56 Å². The quantitative estimate of drug-likeness (QED) is 0.892. The van der Waals surface area contributed by atoms with Gasteiger partial charge in [-0.3, -0.25) is 4.79 Å². The van der Waals surface area contributed by atoms with Gasteiger partial charge in [-0.1, -0.05) is 29.8 Å². The first-order chi connectivity index (χ1) is 10.5. The molecule has 1 saturated carbocycles. The zero-order chi connectivity index (χ0) is 15.7.